The molecule has 0 aliphatic carbocycles. The fourth-order valence-electron chi connectivity index (χ4n) is 4.24. The van der Waals surface area contributed by atoms with E-state index in [1.807, 2.05) is 56.3 Å². The number of carbonyl (C=O) groups excluding carboxylic acids is 2. The van der Waals surface area contributed by atoms with E-state index in [2.05, 4.69) is 5.32 Å². The smallest absolute Gasteiger partial charge is 0.326 e. The summed E-state index contributed by atoms with van der Waals surface area (Å²) in [6.07, 6.45) is 2.99. The lowest BCUT2D eigenvalue weighted by atomic mass is 10.0. The van der Waals surface area contributed by atoms with Crippen LogP contribution in [-0.4, -0.2) is 46.4 Å². The molecule has 0 radical (unpaired) electrons. The first-order valence-electron chi connectivity index (χ1n) is 10.8. The van der Waals surface area contributed by atoms with Crippen LogP contribution in [0.3, 0.4) is 0 Å². The van der Waals surface area contributed by atoms with Crippen LogP contribution in [0.4, 0.5) is 0 Å². The van der Waals surface area contributed by atoms with E-state index in [1.54, 1.807) is 4.90 Å². The number of fused-ring (bicyclic) bond motifs is 1. The Hall–Kier alpha value is -2.89. The fraction of sp³-hybridized carbons (Fsp3) is 0.458. The summed E-state index contributed by atoms with van der Waals surface area (Å²) >= 11 is 0. The van der Waals surface area contributed by atoms with Gasteiger partial charge in [-0.05, 0) is 42.0 Å². The first-order valence-corrected chi connectivity index (χ1v) is 10.8. The van der Waals surface area contributed by atoms with Crippen LogP contribution in [0.2, 0.25) is 0 Å². The lowest BCUT2D eigenvalue weighted by molar-refractivity contribution is -0.145. The molecule has 160 valence electrons. The number of carboxylic acids is 1. The van der Waals surface area contributed by atoms with Crippen molar-refractivity contribution < 1.29 is 19.5 Å². The SMILES string of the molecule is CCC(CC)C(=O)N1CCCC1C(=O)N[C@H](Cc1ccc2ccccc2c1)C(=O)O. The van der Waals surface area contributed by atoms with Gasteiger partial charge in [-0.15, -0.1) is 0 Å². The van der Waals surface area contributed by atoms with E-state index in [0.717, 1.165) is 35.6 Å². The molecule has 0 spiro atoms. The molecule has 1 heterocycles. The third kappa shape index (κ3) is 4.81. The molecule has 30 heavy (non-hydrogen) atoms. The highest BCUT2D eigenvalue weighted by molar-refractivity contribution is 5.91. The molecule has 2 aromatic carbocycles. The molecule has 2 atom stereocenters. The van der Waals surface area contributed by atoms with Crippen LogP contribution in [0.1, 0.15) is 45.1 Å². The summed E-state index contributed by atoms with van der Waals surface area (Å²) in [5.74, 6) is -1.54. The van der Waals surface area contributed by atoms with Gasteiger partial charge in [0.2, 0.25) is 11.8 Å². The molecule has 6 nitrogen and oxygen atoms in total. The summed E-state index contributed by atoms with van der Waals surface area (Å²) in [4.78, 5) is 39.2. The maximum Gasteiger partial charge on any atom is 0.326 e. The topological polar surface area (TPSA) is 86.7 Å². The van der Waals surface area contributed by atoms with Crippen molar-refractivity contribution in [2.24, 2.45) is 5.92 Å². The molecular formula is C24H30N2O4. The van der Waals surface area contributed by atoms with Gasteiger partial charge in [0, 0.05) is 18.9 Å². The number of carboxylic acid groups (broad SMARTS) is 1. The zero-order valence-corrected chi connectivity index (χ0v) is 17.6. The van der Waals surface area contributed by atoms with Crippen LogP contribution in [0.5, 0.6) is 0 Å². The van der Waals surface area contributed by atoms with Gasteiger partial charge >= 0.3 is 5.97 Å². The van der Waals surface area contributed by atoms with Gasteiger partial charge in [0.25, 0.3) is 0 Å². The molecule has 1 unspecified atom stereocenters. The maximum atomic E-state index is 12.9. The number of carbonyl (C=O) groups is 3. The number of hydrogen-bond donors (Lipinski definition) is 2. The molecule has 2 amide bonds. The molecule has 3 rings (SSSR count). The molecule has 0 saturated carbocycles. The van der Waals surface area contributed by atoms with Gasteiger partial charge in [0.1, 0.15) is 12.1 Å². The molecular weight excluding hydrogens is 380 g/mol. The van der Waals surface area contributed by atoms with E-state index < -0.39 is 18.1 Å². The van der Waals surface area contributed by atoms with E-state index in [1.165, 1.54) is 0 Å². The van der Waals surface area contributed by atoms with Crippen LogP contribution >= 0.6 is 0 Å². The molecule has 0 aromatic heterocycles. The van der Waals surface area contributed by atoms with Crippen molar-refractivity contribution in [2.75, 3.05) is 6.54 Å². The highest BCUT2D eigenvalue weighted by Gasteiger charge is 2.37. The molecule has 1 aliphatic rings. The summed E-state index contributed by atoms with van der Waals surface area (Å²) in [6, 6.07) is 12.1. The number of aliphatic carboxylic acids is 1. The van der Waals surface area contributed by atoms with Crippen LogP contribution in [0.25, 0.3) is 10.8 Å². The van der Waals surface area contributed by atoms with Gasteiger partial charge < -0.3 is 15.3 Å². The van der Waals surface area contributed by atoms with Gasteiger partial charge in [-0.2, -0.15) is 0 Å². The number of benzene rings is 2. The van der Waals surface area contributed by atoms with Gasteiger partial charge in [0.15, 0.2) is 0 Å². The quantitative estimate of drug-likeness (QED) is 0.698. The lowest BCUT2D eigenvalue weighted by Crippen LogP contribution is -2.52. The summed E-state index contributed by atoms with van der Waals surface area (Å²) in [5, 5.41) is 14.5. The first kappa shape index (κ1) is 21.8. The van der Waals surface area contributed by atoms with Crippen molar-refractivity contribution in [2.45, 2.75) is 58.0 Å². The lowest BCUT2D eigenvalue weighted by Gasteiger charge is -2.28. The summed E-state index contributed by atoms with van der Waals surface area (Å²) in [7, 11) is 0. The average Bonchev–Trinajstić information content (AvgIpc) is 3.24. The Labute approximate surface area is 177 Å². The van der Waals surface area contributed by atoms with Gasteiger partial charge in [-0.25, -0.2) is 4.79 Å². The number of nitrogens with zero attached hydrogens (tertiary/aromatic N) is 1. The van der Waals surface area contributed by atoms with E-state index in [4.69, 9.17) is 0 Å². The highest BCUT2D eigenvalue weighted by atomic mass is 16.4. The second kappa shape index (κ2) is 9.74. The Morgan fingerprint density at radius 1 is 1.10 bits per heavy atom. The molecule has 0 bridgehead atoms. The van der Waals surface area contributed by atoms with Crippen LogP contribution in [-0.2, 0) is 20.8 Å². The minimum atomic E-state index is -1.08. The van der Waals surface area contributed by atoms with Crippen molar-refractivity contribution in [3.05, 3.63) is 48.0 Å². The molecule has 6 heteroatoms. The van der Waals surface area contributed by atoms with Gasteiger partial charge in [-0.1, -0.05) is 56.3 Å². The first-order chi connectivity index (χ1) is 14.4. The minimum Gasteiger partial charge on any atom is -0.480 e. The zero-order chi connectivity index (χ0) is 21.7. The summed E-state index contributed by atoms with van der Waals surface area (Å²) < 4.78 is 0. The number of rotatable bonds is 8. The predicted octanol–water partition coefficient (Wildman–Crippen LogP) is 3.38. The van der Waals surface area contributed by atoms with Crippen molar-refractivity contribution in [3.63, 3.8) is 0 Å². The standard InChI is InChI=1S/C24H30N2O4/c1-3-17(4-2)23(28)26-13-7-10-21(26)22(27)25-20(24(29)30)15-16-11-12-18-8-5-6-9-19(18)14-16/h5-6,8-9,11-12,14,17,20-21H,3-4,7,10,13,15H2,1-2H3,(H,25,27)(H,29,30)/t20-,21?/m1/s1. The van der Waals surface area contributed by atoms with Crippen molar-refractivity contribution >= 4 is 28.6 Å². The second-order valence-corrected chi connectivity index (χ2v) is 7.99. The monoisotopic (exact) mass is 410 g/mol. The van der Waals surface area contributed by atoms with Crippen LogP contribution in [0.15, 0.2) is 42.5 Å². The number of amides is 2. The highest BCUT2D eigenvalue weighted by Crippen LogP contribution is 2.23. The Morgan fingerprint density at radius 3 is 2.47 bits per heavy atom. The van der Waals surface area contributed by atoms with E-state index in [9.17, 15) is 19.5 Å². The van der Waals surface area contributed by atoms with E-state index >= 15 is 0 Å². The number of hydrogen-bond acceptors (Lipinski definition) is 3. The second-order valence-electron chi connectivity index (χ2n) is 7.99. The Balaban J connectivity index is 1.71. The molecule has 1 fully saturated rings. The predicted molar refractivity (Wildman–Crippen MR) is 116 cm³/mol. The third-order valence-corrected chi connectivity index (χ3v) is 6.04. The van der Waals surface area contributed by atoms with Crippen LogP contribution in [0, 0.1) is 5.92 Å². The maximum absolute atomic E-state index is 12.9. The Morgan fingerprint density at radius 2 is 1.80 bits per heavy atom. The summed E-state index contributed by atoms with van der Waals surface area (Å²) in [5.41, 5.74) is 0.845. The van der Waals surface area contributed by atoms with Crippen molar-refractivity contribution in [1.29, 1.82) is 0 Å². The van der Waals surface area contributed by atoms with Gasteiger partial charge in [-0.3, -0.25) is 9.59 Å². The largest absolute Gasteiger partial charge is 0.480 e. The van der Waals surface area contributed by atoms with Crippen molar-refractivity contribution in [1.82, 2.24) is 10.2 Å². The molecule has 2 aromatic rings. The van der Waals surface area contributed by atoms with Gasteiger partial charge in [0.05, 0.1) is 0 Å². The molecule has 1 saturated heterocycles. The Bertz CT molecular complexity index is 922. The Kier molecular flexibility index (Phi) is 7.08. The summed E-state index contributed by atoms with van der Waals surface area (Å²) in [6.45, 7) is 4.50. The van der Waals surface area contributed by atoms with Crippen LogP contribution < -0.4 is 5.32 Å². The van der Waals surface area contributed by atoms with E-state index in [0.29, 0.717) is 13.0 Å². The zero-order valence-electron chi connectivity index (χ0n) is 17.6. The average molecular weight is 411 g/mol. The van der Waals surface area contributed by atoms with Crippen molar-refractivity contribution in [3.8, 4) is 0 Å². The number of nitrogens with one attached hydrogen (secondary N) is 1. The fourth-order valence-corrected chi connectivity index (χ4v) is 4.24. The number of likely N-dealkylation sites (tertiary alicyclic amines) is 1. The normalized spacial score (nSPS) is 17.3. The van der Waals surface area contributed by atoms with E-state index in [-0.39, 0.29) is 24.2 Å². The molecule has 2 N–H and O–H groups in total. The molecule has 1 aliphatic heterocycles. The minimum absolute atomic E-state index is 0.000876. The third-order valence-electron chi connectivity index (χ3n) is 6.04.